The van der Waals surface area contributed by atoms with Crippen molar-refractivity contribution in [1.29, 1.82) is 0 Å². The smallest absolute Gasteiger partial charge is 0.345 e. The van der Waals surface area contributed by atoms with E-state index >= 15 is 0 Å². The van der Waals surface area contributed by atoms with Crippen molar-refractivity contribution in [2.75, 3.05) is 12.9 Å². The number of benzene rings is 1. The third-order valence-electron chi connectivity index (χ3n) is 4.05. The second-order valence-corrected chi connectivity index (χ2v) is 6.68. The van der Waals surface area contributed by atoms with Gasteiger partial charge in [-0.1, -0.05) is 30.0 Å². The highest BCUT2D eigenvalue weighted by molar-refractivity contribution is 7.99. The van der Waals surface area contributed by atoms with Gasteiger partial charge in [-0.05, 0) is 24.3 Å². The van der Waals surface area contributed by atoms with Crippen molar-refractivity contribution in [1.82, 2.24) is 19.4 Å². The van der Waals surface area contributed by atoms with Gasteiger partial charge in [-0.2, -0.15) is 0 Å². The number of pyridine rings is 1. The van der Waals surface area contributed by atoms with Crippen LogP contribution in [0.25, 0.3) is 22.1 Å². The minimum Gasteiger partial charge on any atom is -0.510 e. The van der Waals surface area contributed by atoms with Crippen LogP contribution in [0.3, 0.4) is 0 Å². The molecule has 0 saturated carbocycles. The number of aliphatic hydroxyl groups excluding tert-OH is 1. The lowest BCUT2D eigenvalue weighted by Crippen LogP contribution is -2.10. The Morgan fingerprint density at radius 1 is 1.26 bits per heavy atom. The van der Waals surface area contributed by atoms with Crippen LogP contribution in [0.2, 0.25) is 0 Å². The molecule has 1 aromatic carbocycles. The van der Waals surface area contributed by atoms with Crippen LogP contribution in [0.4, 0.5) is 0 Å². The molecule has 27 heavy (non-hydrogen) atoms. The average molecular weight is 380 g/mol. The number of hydrogen-bond donors (Lipinski definition) is 2. The fraction of sp³-hybridized carbons (Fsp3) is 0.105. The zero-order chi connectivity index (χ0) is 18.8. The Bertz CT molecular complexity index is 1130. The first kappa shape index (κ1) is 17.2. The van der Waals surface area contributed by atoms with Crippen LogP contribution in [-0.2, 0) is 9.53 Å². The fourth-order valence-electron chi connectivity index (χ4n) is 2.76. The summed E-state index contributed by atoms with van der Waals surface area (Å²) < 4.78 is 6.76. The number of carbonyl (C=O) groups is 1. The van der Waals surface area contributed by atoms with E-state index in [9.17, 15) is 9.90 Å². The molecule has 0 radical (unpaired) electrons. The number of fused-ring (bicyclic) bond motifs is 2. The minimum absolute atomic E-state index is 0.0158. The maximum Gasteiger partial charge on any atom is 0.345 e. The van der Waals surface area contributed by atoms with Crippen LogP contribution in [0.1, 0.15) is 5.82 Å². The third-order valence-corrected chi connectivity index (χ3v) is 5.03. The van der Waals surface area contributed by atoms with Gasteiger partial charge in [0.2, 0.25) is 0 Å². The van der Waals surface area contributed by atoms with E-state index in [2.05, 4.69) is 15.0 Å². The Hall–Kier alpha value is -3.26. The van der Waals surface area contributed by atoms with E-state index in [1.165, 1.54) is 18.9 Å². The molecular formula is C19H16N4O3S. The number of imidazole rings is 2. The quantitative estimate of drug-likeness (QED) is 0.238. The summed E-state index contributed by atoms with van der Waals surface area (Å²) in [7, 11) is 1.27. The normalized spacial score (nSPS) is 12.3. The fourth-order valence-corrected chi connectivity index (χ4v) is 3.60. The molecule has 0 amide bonds. The zero-order valence-electron chi connectivity index (χ0n) is 14.4. The topological polar surface area (TPSA) is 92.5 Å². The molecule has 0 atom stereocenters. The first-order valence-electron chi connectivity index (χ1n) is 8.18. The maximum absolute atomic E-state index is 12.3. The number of carbonyl (C=O) groups excluding carboxylic acids is 1. The number of nitrogens with zero attached hydrogens (tertiary/aromatic N) is 3. The number of aliphatic hydroxyl groups is 1. The largest absolute Gasteiger partial charge is 0.510 e. The lowest BCUT2D eigenvalue weighted by atomic mass is 10.2. The number of hydrogen-bond acceptors (Lipinski definition) is 6. The first-order chi connectivity index (χ1) is 13.2. The summed E-state index contributed by atoms with van der Waals surface area (Å²) in [5, 5.41) is 11.3. The molecule has 0 saturated heterocycles. The lowest BCUT2D eigenvalue weighted by Gasteiger charge is -2.07. The van der Waals surface area contributed by atoms with Gasteiger partial charge in [-0.3, -0.25) is 4.40 Å². The van der Waals surface area contributed by atoms with Crippen LogP contribution in [0.15, 0.2) is 65.8 Å². The Kier molecular flexibility index (Phi) is 4.55. The summed E-state index contributed by atoms with van der Waals surface area (Å²) in [6, 6.07) is 13.2. The molecule has 8 heteroatoms. The number of esters is 1. The molecule has 0 aliphatic rings. The Balaban J connectivity index is 1.67. The predicted octanol–water partition coefficient (Wildman–Crippen LogP) is 3.45. The number of methoxy groups -OCH3 is 1. The van der Waals surface area contributed by atoms with Crippen molar-refractivity contribution in [3.05, 3.63) is 66.4 Å². The van der Waals surface area contributed by atoms with Gasteiger partial charge in [0.15, 0.2) is 5.16 Å². The SMILES string of the molecule is COC(=O)/C(=C(/O)CSc1ncc2ccccn12)c1nc2ccccc2[nH]1. The van der Waals surface area contributed by atoms with E-state index in [1.807, 2.05) is 53.1 Å². The van der Waals surface area contributed by atoms with Gasteiger partial charge in [0.1, 0.15) is 17.2 Å². The standard InChI is InChI=1S/C19H16N4O3S/c1-26-18(25)16(17-21-13-7-2-3-8-14(13)22-17)15(24)11-27-19-20-10-12-6-4-5-9-23(12)19/h2-10,24H,11H2,1H3,(H,21,22)/b16-15+. The molecule has 0 aliphatic heterocycles. The molecule has 7 nitrogen and oxygen atoms in total. The minimum atomic E-state index is -0.653. The number of nitrogens with one attached hydrogen (secondary N) is 1. The molecule has 136 valence electrons. The number of ether oxygens (including phenoxy) is 1. The number of thioether (sulfide) groups is 1. The van der Waals surface area contributed by atoms with Crippen molar-refractivity contribution in [2.24, 2.45) is 0 Å². The van der Waals surface area contributed by atoms with E-state index in [4.69, 9.17) is 4.74 Å². The van der Waals surface area contributed by atoms with Crippen molar-refractivity contribution in [3.63, 3.8) is 0 Å². The van der Waals surface area contributed by atoms with Gasteiger partial charge in [-0.15, -0.1) is 0 Å². The van der Waals surface area contributed by atoms with Crippen LogP contribution in [0, 0.1) is 0 Å². The number of para-hydroxylation sites is 2. The highest BCUT2D eigenvalue weighted by Gasteiger charge is 2.22. The Morgan fingerprint density at radius 2 is 2.07 bits per heavy atom. The summed E-state index contributed by atoms with van der Waals surface area (Å²) in [4.78, 5) is 24.1. The number of aromatic nitrogens is 4. The van der Waals surface area contributed by atoms with Gasteiger partial charge in [-0.25, -0.2) is 14.8 Å². The molecule has 0 aliphatic carbocycles. The zero-order valence-corrected chi connectivity index (χ0v) is 15.2. The van der Waals surface area contributed by atoms with Crippen molar-refractivity contribution < 1.29 is 14.6 Å². The van der Waals surface area contributed by atoms with E-state index < -0.39 is 5.97 Å². The third kappa shape index (κ3) is 3.26. The van der Waals surface area contributed by atoms with E-state index in [0.29, 0.717) is 10.7 Å². The molecular weight excluding hydrogens is 364 g/mol. The van der Waals surface area contributed by atoms with Crippen LogP contribution in [0.5, 0.6) is 0 Å². The number of H-pyrrole nitrogens is 1. The second-order valence-electron chi connectivity index (χ2n) is 5.74. The summed E-state index contributed by atoms with van der Waals surface area (Å²) in [6.45, 7) is 0. The molecule has 4 aromatic rings. The Labute approximate surface area is 158 Å². The summed E-state index contributed by atoms with van der Waals surface area (Å²) in [5.74, 6) is -0.358. The van der Waals surface area contributed by atoms with Crippen molar-refractivity contribution in [3.8, 4) is 0 Å². The molecule has 2 N–H and O–H groups in total. The summed E-state index contributed by atoms with van der Waals surface area (Å²) in [5.41, 5.74) is 2.44. The summed E-state index contributed by atoms with van der Waals surface area (Å²) in [6.07, 6.45) is 3.65. The van der Waals surface area contributed by atoms with E-state index in [0.717, 1.165) is 11.0 Å². The molecule has 3 aromatic heterocycles. The monoisotopic (exact) mass is 380 g/mol. The van der Waals surface area contributed by atoms with Gasteiger partial charge in [0, 0.05) is 6.20 Å². The predicted molar refractivity (Wildman–Crippen MR) is 104 cm³/mol. The van der Waals surface area contributed by atoms with Crippen molar-refractivity contribution >= 4 is 39.9 Å². The van der Waals surface area contributed by atoms with Gasteiger partial charge < -0.3 is 14.8 Å². The van der Waals surface area contributed by atoms with Gasteiger partial charge in [0.25, 0.3) is 0 Å². The second kappa shape index (κ2) is 7.16. The molecule has 0 spiro atoms. The van der Waals surface area contributed by atoms with Crippen LogP contribution < -0.4 is 0 Å². The highest BCUT2D eigenvalue weighted by atomic mass is 32.2. The molecule has 0 fully saturated rings. The molecule has 3 heterocycles. The maximum atomic E-state index is 12.3. The Morgan fingerprint density at radius 3 is 2.89 bits per heavy atom. The lowest BCUT2D eigenvalue weighted by molar-refractivity contribution is -0.133. The molecule has 0 unspecified atom stereocenters. The highest BCUT2D eigenvalue weighted by Crippen LogP contribution is 2.25. The van der Waals surface area contributed by atoms with Gasteiger partial charge >= 0.3 is 5.97 Å². The average Bonchev–Trinajstić information content (AvgIpc) is 3.30. The van der Waals surface area contributed by atoms with E-state index in [-0.39, 0.29) is 22.9 Å². The number of aromatic amines is 1. The number of rotatable bonds is 5. The van der Waals surface area contributed by atoms with E-state index in [1.54, 1.807) is 6.20 Å². The molecule has 0 bridgehead atoms. The first-order valence-corrected chi connectivity index (χ1v) is 9.16. The van der Waals surface area contributed by atoms with Gasteiger partial charge in [0.05, 0.1) is 35.6 Å². The van der Waals surface area contributed by atoms with Crippen molar-refractivity contribution in [2.45, 2.75) is 5.16 Å². The molecule has 4 rings (SSSR count). The van der Waals surface area contributed by atoms with Crippen LogP contribution >= 0.6 is 11.8 Å². The van der Waals surface area contributed by atoms with Crippen LogP contribution in [-0.4, -0.2) is 43.3 Å². The summed E-state index contributed by atoms with van der Waals surface area (Å²) >= 11 is 1.32.